The number of aromatic nitrogens is 1. The molecule has 4 bridgehead atoms. The van der Waals surface area contributed by atoms with Crippen LogP contribution >= 0.6 is 0 Å². The van der Waals surface area contributed by atoms with Crippen LogP contribution in [0.2, 0.25) is 0 Å². The van der Waals surface area contributed by atoms with Crippen LogP contribution in [0.25, 0.3) is 10.9 Å². The normalized spacial score (nSPS) is 35.9. The molecule has 4 atom stereocenters. The Hall–Kier alpha value is -1.85. The van der Waals surface area contributed by atoms with Gasteiger partial charge in [0.05, 0.1) is 19.6 Å². The molecule has 0 radical (unpaired) electrons. The first kappa shape index (κ1) is 19.8. The van der Waals surface area contributed by atoms with Crippen molar-refractivity contribution in [3.05, 3.63) is 36.0 Å². The predicted octanol–water partition coefficient (Wildman–Crippen LogP) is 4.64. The van der Waals surface area contributed by atoms with E-state index in [9.17, 15) is 9.90 Å². The monoisotopic (exact) mass is 422 g/mol. The van der Waals surface area contributed by atoms with Gasteiger partial charge in [-0.25, -0.2) is 0 Å². The Kier molecular flexibility index (Phi) is 5.07. The van der Waals surface area contributed by atoms with Gasteiger partial charge in [0, 0.05) is 41.3 Å². The second-order valence-electron chi connectivity index (χ2n) is 10.6. The zero-order valence-electron chi connectivity index (χ0n) is 18.3. The van der Waals surface area contributed by atoms with E-state index in [4.69, 9.17) is 4.74 Å². The van der Waals surface area contributed by atoms with Crippen molar-refractivity contribution in [1.29, 1.82) is 0 Å². The summed E-state index contributed by atoms with van der Waals surface area (Å²) in [5.74, 6) is 1.14. The lowest BCUT2D eigenvalue weighted by atomic mass is 9.69. The maximum absolute atomic E-state index is 11.4. The molecule has 5 heteroatoms. The van der Waals surface area contributed by atoms with Gasteiger partial charge in [-0.05, 0) is 55.6 Å². The molecule has 4 fully saturated rings. The molecule has 31 heavy (non-hydrogen) atoms. The number of fused-ring (bicyclic) bond motifs is 5. The summed E-state index contributed by atoms with van der Waals surface area (Å²) in [6.45, 7) is 1.69. The van der Waals surface area contributed by atoms with Crippen molar-refractivity contribution >= 4 is 16.9 Å². The van der Waals surface area contributed by atoms with Crippen molar-refractivity contribution < 1.29 is 14.6 Å². The number of morpholine rings is 1. The molecule has 1 aromatic heterocycles. The number of ether oxygens (including phenoxy) is 1. The summed E-state index contributed by atoms with van der Waals surface area (Å²) in [7, 11) is 0. The summed E-state index contributed by atoms with van der Waals surface area (Å²) < 4.78 is 8.45. The highest BCUT2D eigenvalue weighted by molar-refractivity contribution is 5.87. The average molecular weight is 423 g/mol. The third-order valence-electron chi connectivity index (χ3n) is 8.63. The molecule has 4 unspecified atom stereocenters. The minimum atomic E-state index is -0.758. The van der Waals surface area contributed by atoms with Crippen molar-refractivity contribution in [3.8, 4) is 0 Å². The number of carboxylic acid groups (broad SMARTS) is 1. The molecule has 166 valence electrons. The van der Waals surface area contributed by atoms with Crippen molar-refractivity contribution in [2.24, 2.45) is 11.8 Å². The highest BCUT2D eigenvalue weighted by Crippen LogP contribution is 2.46. The first-order valence-electron chi connectivity index (χ1n) is 12.3. The average Bonchev–Trinajstić information content (AvgIpc) is 3.10. The number of carboxylic acids is 1. The number of nitrogens with zero attached hydrogens (tertiary/aromatic N) is 2. The van der Waals surface area contributed by atoms with Crippen molar-refractivity contribution in [2.75, 3.05) is 13.2 Å². The van der Waals surface area contributed by atoms with E-state index in [-0.39, 0.29) is 6.42 Å². The number of hydrogen-bond acceptors (Lipinski definition) is 3. The van der Waals surface area contributed by atoms with Gasteiger partial charge < -0.3 is 14.4 Å². The Morgan fingerprint density at radius 1 is 0.935 bits per heavy atom. The highest BCUT2D eigenvalue weighted by atomic mass is 16.5. The molecule has 2 saturated heterocycles. The molecule has 2 aliphatic carbocycles. The number of hydrogen-bond donors (Lipinski definition) is 1. The number of rotatable bonds is 4. The van der Waals surface area contributed by atoms with Crippen LogP contribution in [-0.2, 0) is 16.0 Å². The molecule has 2 saturated carbocycles. The predicted molar refractivity (Wildman–Crippen MR) is 120 cm³/mol. The fraction of sp³-hybridized carbons (Fsp3) is 0.654. The smallest absolute Gasteiger partial charge is 0.307 e. The van der Waals surface area contributed by atoms with E-state index in [2.05, 4.69) is 33.9 Å². The Balaban J connectivity index is 1.28. The van der Waals surface area contributed by atoms with E-state index in [1.807, 2.05) is 6.07 Å². The molecule has 5 nitrogen and oxygen atoms in total. The number of aliphatic carboxylic acids is 1. The Bertz CT molecular complexity index is 943. The van der Waals surface area contributed by atoms with Gasteiger partial charge in [-0.2, -0.15) is 0 Å². The van der Waals surface area contributed by atoms with Gasteiger partial charge >= 0.3 is 5.97 Å². The van der Waals surface area contributed by atoms with Crippen molar-refractivity contribution in [3.63, 3.8) is 0 Å². The van der Waals surface area contributed by atoms with E-state index < -0.39 is 5.97 Å². The zero-order chi connectivity index (χ0) is 20.9. The fourth-order valence-corrected chi connectivity index (χ4v) is 7.56. The topological polar surface area (TPSA) is 54.7 Å². The Morgan fingerprint density at radius 2 is 1.65 bits per heavy atom. The number of piperidine rings is 1. The molecule has 0 spiro atoms. The maximum atomic E-state index is 11.4. The van der Waals surface area contributed by atoms with Crippen LogP contribution in [0.15, 0.2) is 30.5 Å². The molecule has 2 aromatic rings. The van der Waals surface area contributed by atoms with Gasteiger partial charge in [0.1, 0.15) is 0 Å². The third kappa shape index (κ3) is 3.60. The molecule has 1 N–H and O–H groups in total. The van der Waals surface area contributed by atoms with E-state index >= 15 is 0 Å². The Labute approximate surface area is 184 Å². The fourth-order valence-electron chi connectivity index (χ4n) is 7.56. The summed E-state index contributed by atoms with van der Waals surface area (Å²) in [5.41, 5.74) is 2.12. The SMILES string of the molecule is O=C(O)Cc1cn(C2CC3COCC(C2)N3C2CC3CCCC(C3)C2)c2ccccc12. The van der Waals surface area contributed by atoms with Gasteiger partial charge in [-0.3, -0.25) is 9.69 Å². The lowest BCUT2D eigenvalue weighted by Crippen LogP contribution is -2.61. The molecule has 4 aliphatic rings. The van der Waals surface area contributed by atoms with E-state index in [1.54, 1.807) is 0 Å². The standard InChI is InChI=1S/C26H34N2O3/c29-26(30)11-19-14-27(25-7-2-1-6-24(19)25)20-12-22-15-31-16-23(13-20)28(22)21-9-17-4-3-5-18(8-17)10-21/h1-2,6-7,14,17-18,20-23H,3-5,8-13,15-16H2,(H,29,30). The molecule has 0 amide bonds. The van der Waals surface area contributed by atoms with Crippen molar-refractivity contribution in [2.45, 2.75) is 82.0 Å². The van der Waals surface area contributed by atoms with Gasteiger partial charge in [-0.15, -0.1) is 0 Å². The number of para-hydroxylation sites is 1. The largest absolute Gasteiger partial charge is 0.481 e. The van der Waals surface area contributed by atoms with E-state index in [0.717, 1.165) is 54.9 Å². The van der Waals surface area contributed by atoms with Crippen molar-refractivity contribution in [1.82, 2.24) is 9.47 Å². The summed E-state index contributed by atoms with van der Waals surface area (Å²) in [5, 5.41) is 10.5. The summed E-state index contributed by atoms with van der Waals surface area (Å²) >= 11 is 0. The van der Waals surface area contributed by atoms with E-state index in [0.29, 0.717) is 18.1 Å². The second kappa shape index (κ2) is 7.93. The first-order chi connectivity index (χ1) is 15.2. The Morgan fingerprint density at radius 3 is 2.35 bits per heavy atom. The quantitative estimate of drug-likeness (QED) is 0.780. The van der Waals surface area contributed by atoms with Crippen LogP contribution in [0.4, 0.5) is 0 Å². The molecule has 2 aliphatic heterocycles. The van der Waals surface area contributed by atoms with Crippen LogP contribution in [0.5, 0.6) is 0 Å². The summed E-state index contributed by atoms with van der Waals surface area (Å²) in [6.07, 6.45) is 13.0. The van der Waals surface area contributed by atoms with Gasteiger partial charge in [0.2, 0.25) is 0 Å². The zero-order valence-corrected chi connectivity index (χ0v) is 18.3. The lowest BCUT2D eigenvalue weighted by Gasteiger charge is -2.55. The van der Waals surface area contributed by atoms with Gasteiger partial charge in [0.25, 0.3) is 0 Å². The van der Waals surface area contributed by atoms with Gasteiger partial charge in [-0.1, -0.05) is 37.5 Å². The van der Waals surface area contributed by atoms with Crippen LogP contribution in [0.3, 0.4) is 0 Å². The molecular weight excluding hydrogens is 388 g/mol. The molecule has 3 heterocycles. The van der Waals surface area contributed by atoms with Crippen LogP contribution in [0.1, 0.15) is 63.0 Å². The molecule has 1 aromatic carbocycles. The second-order valence-corrected chi connectivity index (χ2v) is 10.6. The molecular formula is C26H34N2O3. The van der Waals surface area contributed by atoms with E-state index in [1.165, 1.54) is 44.0 Å². The first-order valence-corrected chi connectivity index (χ1v) is 12.3. The maximum Gasteiger partial charge on any atom is 0.307 e. The van der Waals surface area contributed by atoms with Crippen LogP contribution < -0.4 is 0 Å². The van der Waals surface area contributed by atoms with Gasteiger partial charge in [0.15, 0.2) is 0 Å². The molecule has 6 rings (SSSR count). The highest BCUT2D eigenvalue weighted by Gasteiger charge is 2.45. The summed E-state index contributed by atoms with van der Waals surface area (Å²) in [6, 6.07) is 10.5. The summed E-state index contributed by atoms with van der Waals surface area (Å²) in [4.78, 5) is 14.3. The number of carbonyl (C=O) groups is 1. The minimum absolute atomic E-state index is 0.0905. The van der Waals surface area contributed by atoms with Crippen LogP contribution in [-0.4, -0.2) is 51.9 Å². The van der Waals surface area contributed by atoms with Crippen LogP contribution in [0, 0.1) is 11.8 Å². The lowest BCUT2D eigenvalue weighted by molar-refractivity contribution is -0.136. The third-order valence-corrected chi connectivity index (χ3v) is 8.63. The minimum Gasteiger partial charge on any atom is -0.481 e. The number of benzene rings is 1.